The van der Waals surface area contributed by atoms with Crippen molar-refractivity contribution in [2.75, 3.05) is 0 Å². The highest BCUT2D eigenvalue weighted by atomic mass is 35.5. The fraction of sp³-hybridized carbons (Fsp3) is 0.400. The molecule has 0 aromatic heterocycles. The first kappa shape index (κ1) is 10.2. The summed E-state index contributed by atoms with van der Waals surface area (Å²) >= 11 is 11.5. The van der Waals surface area contributed by atoms with Crippen LogP contribution < -0.4 is 5.73 Å². The van der Waals surface area contributed by atoms with Gasteiger partial charge in [0.15, 0.2) is 0 Å². The zero-order valence-corrected chi connectivity index (χ0v) is 9.00. The van der Waals surface area contributed by atoms with E-state index in [4.69, 9.17) is 28.9 Å². The number of halogens is 3. The predicted molar refractivity (Wildman–Crippen MR) is 56.3 cm³/mol. The van der Waals surface area contributed by atoms with Crippen LogP contribution in [0.4, 0.5) is 4.39 Å². The van der Waals surface area contributed by atoms with Gasteiger partial charge in [-0.1, -0.05) is 23.2 Å². The molecule has 0 atom stereocenters. The minimum Gasteiger partial charge on any atom is -0.325 e. The van der Waals surface area contributed by atoms with E-state index in [1.165, 1.54) is 6.07 Å². The van der Waals surface area contributed by atoms with Crippen molar-refractivity contribution in [3.8, 4) is 0 Å². The van der Waals surface area contributed by atoms with Crippen molar-refractivity contribution in [1.29, 1.82) is 0 Å². The molecule has 2 N–H and O–H groups in total. The molecule has 4 heteroatoms. The van der Waals surface area contributed by atoms with Crippen molar-refractivity contribution in [1.82, 2.24) is 0 Å². The molecule has 1 fully saturated rings. The molecular weight excluding hydrogens is 224 g/mol. The molecule has 2 rings (SSSR count). The van der Waals surface area contributed by atoms with Crippen LogP contribution in [0.15, 0.2) is 12.1 Å². The van der Waals surface area contributed by atoms with Crippen LogP contribution in [0, 0.1) is 5.82 Å². The summed E-state index contributed by atoms with van der Waals surface area (Å²) in [5.41, 5.74) is 6.45. The number of hydrogen-bond acceptors (Lipinski definition) is 1. The third-order valence-corrected chi connectivity index (χ3v) is 3.14. The standard InChI is InChI=1S/C10H10Cl2FN/c11-7-3-6(5-10(14)1-2-10)9(12)8(13)4-7/h3-4H,1-2,5,14H2. The number of benzene rings is 1. The summed E-state index contributed by atoms with van der Waals surface area (Å²) in [4.78, 5) is 0. The summed E-state index contributed by atoms with van der Waals surface area (Å²) in [6, 6.07) is 2.89. The molecule has 0 radical (unpaired) electrons. The van der Waals surface area contributed by atoms with Crippen LogP contribution in [-0.4, -0.2) is 5.54 Å². The Kier molecular flexibility index (Phi) is 2.46. The van der Waals surface area contributed by atoms with Gasteiger partial charge in [-0.25, -0.2) is 4.39 Å². The smallest absolute Gasteiger partial charge is 0.143 e. The molecule has 0 heterocycles. The average molecular weight is 234 g/mol. The second kappa shape index (κ2) is 3.37. The first-order chi connectivity index (χ1) is 6.50. The Morgan fingerprint density at radius 3 is 2.57 bits per heavy atom. The Hall–Kier alpha value is -0.310. The Morgan fingerprint density at radius 1 is 1.36 bits per heavy atom. The van der Waals surface area contributed by atoms with Gasteiger partial charge in [-0.2, -0.15) is 0 Å². The normalized spacial score (nSPS) is 18.3. The number of hydrogen-bond donors (Lipinski definition) is 1. The first-order valence-corrected chi connectivity index (χ1v) is 5.18. The quantitative estimate of drug-likeness (QED) is 0.781. The van der Waals surface area contributed by atoms with E-state index in [1.54, 1.807) is 6.07 Å². The second-order valence-corrected chi connectivity index (χ2v) is 4.71. The molecule has 1 nitrogen and oxygen atoms in total. The molecule has 0 aliphatic heterocycles. The van der Waals surface area contributed by atoms with Crippen LogP contribution in [0.1, 0.15) is 18.4 Å². The van der Waals surface area contributed by atoms with Crippen molar-refractivity contribution < 1.29 is 4.39 Å². The van der Waals surface area contributed by atoms with Crippen LogP contribution in [0.2, 0.25) is 10.0 Å². The molecule has 1 aliphatic carbocycles. The van der Waals surface area contributed by atoms with Gasteiger partial charge in [-0.15, -0.1) is 0 Å². The fourth-order valence-electron chi connectivity index (χ4n) is 1.45. The highest BCUT2D eigenvalue weighted by Crippen LogP contribution is 2.38. The molecule has 1 aromatic carbocycles. The molecular formula is C10H10Cl2FN. The van der Waals surface area contributed by atoms with Crippen molar-refractivity contribution in [3.05, 3.63) is 33.6 Å². The monoisotopic (exact) mass is 233 g/mol. The van der Waals surface area contributed by atoms with Gasteiger partial charge in [-0.05, 0) is 37.0 Å². The molecule has 76 valence electrons. The van der Waals surface area contributed by atoms with Gasteiger partial charge in [0.2, 0.25) is 0 Å². The van der Waals surface area contributed by atoms with Crippen LogP contribution in [0.25, 0.3) is 0 Å². The average Bonchev–Trinajstić information content (AvgIpc) is 2.79. The molecule has 0 spiro atoms. The largest absolute Gasteiger partial charge is 0.325 e. The van der Waals surface area contributed by atoms with E-state index in [2.05, 4.69) is 0 Å². The molecule has 1 aliphatic rings. The lowest BCUT2D eigenvalue weighted by molar-refractivity contribution is 0.618. The Labute approximate surface area is 92.0 Å². The molecule has 0 bridgehead atoms. The fourth-order valence-corrected chi connectivity index (χ4v) is 1.86. The Balaban J connectivity index is 2.32. The van der Waals surface area contributed by atoms with Crippen LogP contribution in [0.5, 0.6) is 0 Å². The number of nitrogens with two attached hydrogens (primary N) is 1. The Morgan fingerprint density at radius 2 is 2.00 bits per heavy atom. The minimum absolute atomic E-state index is 0.145. The van der Waals surface area contributed by atoms with Crippen molar-refractivity contribution >= 4 is 23.2 Å². The second-order valence-electron chi connectivity index (χ2n) is 3.90. The third kappa shape index (κ3) is 2.02. The lowest BCUT2D eigenvalue weighted by atomic mass is 10.0. The molecule has 0 saturated heterocycles. The first-order valence-electron chi connectivity index (χ1n) is 4.42. The molecule has 1 saturated carbocycles. The van der Waals surface area contributed by atoms with E-state index in [0.717, 1.165) is 12.8 Å². The van der Waals surface area contributed by atoms with Gasteiger partial charge in [0.25, 0.3) is 0 Å². The topological polar surface area (TPSA) is 26.0 Å². The van der Waals surface area contributed by atoms with Crippen molar-refractivity contribution in [3.63, 3.8) is 0 Å². The summed E-state index contributed by atoms with van der Waals surface area (Å²) < 4.78 is 13.2. The molecule has 0 unspecified atom stereocenters. The summed E-state index contributed by atoms with van der Waals surface area (Å²) in [7, 11) is 0. The van der Waals surface area contributed by atoms with E-state index in [9.17, 15) is 4.39 Å². The maximum Gasteiger partial charge on any atom is 0.143 e. The molecule has 14 heavy (non-hydrogen) atoms. The lowest BCUT2D eigenvalue weighted by Crippen LogP contribution is -2.24. The summed E-state index contributed by atoms with van der Waals surface area (Å²) in [6.07, 6.45) is 2.54. The van der Waals surface area contributed by atoms with Crippen molar-refractivity contribution in [2.24, 2.45) is 5.73 Å². The highest BCUT2D eigenvalue weighted by molar-refractivity contribution is 6.33. The highest BCUT2D eigenvalue weighted by Gasteiger charge is 2.38. The van der Waals surface area contributed by atoms with Crippen LogP contribution in [-0.2, 0) is 6.42 Å². The summed E-state index contributed by atoms with van der Waals surface area (Å²) in [5, 5.41) is 0.511. The molecule has 0 amide bonds. The number of rotatable bonds is 2. The van der Waals surface area contributed by atoms with Gasteiger partial charge in [0.1, 0.15) is 5.82 Å². The maximum absolute atomic E-state index is 13.2. The maximum atomic E-state index is 13.2. The van der Waals surface area contributed by atoms with E-state index >= 15 is 0 Å². The third-order valence-electron chi connectivity index (χ3n) is 2.50. The lowest BCUT2D eigenvalue weighted by Gasteiger charge is -2.10. The SMILES string of the molecule is NC1(Cc2cc(Cl)cc(F)c2Cl)CC1. The van der Waals surface area contributed by atoms with E-state index in [-0.39, 0.29) is 10.6 Å². The zero-order chi connectivity index (χ0) is 10.3. The summed E-state index contributed by atoms with van der Waals surface area (Å²) in [5.74, 6) is -0.474. The Bertz CT molecular complexity index is 375. The minimum atomic E-state index is -0.474. The zero-order valence-electron chi connectivity index (χ0n) is 7.49. The summed E-state index contributed by atoms with van der Waals surface area (Å²) in [6.45, 7) is 0. The van der Waals surface area contributed by atoms with Gasteiger partial charge in [0, 0.05) is 10.6 Å². The van der Waals surface area contributed by atoms with Gasteiger partial charge in [0.05, 0.1) is 5.02 Å². The van der Waals surface area contributed by atoms with E-state index in [1.807, 2.05) is 0 Å². The van der Waals surface area contributed by atoms with Crippen molar-refractivity contribution in [2.45, 2.75) is 24.8 Å². The van der Waals surface area contributed by atoms with Gasteiger partial charge >= 0.3 is 0 Å². The van der Waals surface area contributed by atoms with Gasteiger partial charge < -0.3 is 5.73 Å². The van der Waals surface area contributed by atoms with Gasteiger partial charge in [-0.3, -0.25) is 0 Å². The van der Waals surface area contributed by atoms with E-state index < -0.39 is 5.82 Å². The van der Waals surface area contributed by atoms with Crippen LogP contribution in [0.3, 0.4) is 0 Å². The van der Waals surface area contributed by atoms with E-state index in [0.29, 0.717) is 17.0 Å². The molecule has 1 aromatic rings. The predicted octanol–water partition coefficient (Wildman–Crippen LogP) is 3.17. The van der Waals surface area contributed by atoms with Crippen LogP contribution >= 0.6 is 23.2 Å².